The van der Waals surface area contributed by atoms with Gasteiger partial charge in [-0.3, -0.25) is 0 Å². The van der Waals surface area contributed by atoms with Gasteiger partial charge in [-0.05, 0) is 24.8 Å². The number of piperidine rings is 1. The van der Waals surface area contributed by atoms with E-state index in [9.17, 15) is 8.78 Å². The summed E-state index contributed by atoms with van der Waals surface area (Å²) in [6, 6.07) is 2.03. The van der Waals surface area contributed by atoms with Crippen LogP contribution in [0.5, 0.6) is 0 Å². The zero-order valence-electron chi connectivity index (χ0n) is 9.50. The summed E-state index contributed by atoms with van der Waals surface area (Å²) in [7, 11) is 0. The van der Waals surface area contributed by atoms with Gasteiger partial charge < -0.3 is 15.7 Å². The molecule has 94 valence electrons. The second-order valence-corrected chi connectivity index (χ2v) is 4.46. The Balaban J connectivity index is 2.27. The summed E-state index contributed by atoms with van der Waals surface area (Å²) < 4.78 is 26.5. The molecule has 0 amide bonds. The van der Waals surface area contributed by atoms with E-state index in [2.05, 4.69) is 0 Å². The molecule has 1 unspecified atom stereocenters. The molecule has 1 aliphatic rings. The number of hydrogen-bond donors (Lipinski definition) is 2. The number of rotatable bonds is 2. The second-order valence-electron chi connectivity index (χ2n) is 4.46. The molecule has 1 aliphatic heterocycles. The Bertz CT molecular complexity index is 412. The lowest BCUT2D eigenvalue weighted by Gasteiger charge is -2.34. The molecule has 1 fully saturated rings. The van der Waals surface area contributed by atoms with E-state index in [4.69, 9.17) is 10.8 Å². The highest BCUT2D eigenvalue weighted by Crippen LogP contribution is 2.30. The summed E-state index contributed by atoms with van der Waals surface area (Å²) in [6.07, 6.45) is 1.83. The van der Waals surface area contributed by atoms with E-state index in [1.807, 2.05) is 4.90 Å². The van der Waals surface area contributed by atoms with Gasteiger partial charge >= 0.3 is 0 Å². The third-order valence-corrected chi connectivity index (χ3v) is 3.19. The Hall–Kier alpha value is -1.36. The van der Waals surface area contributed by atoms with Crippen LogP contribution in [0.4, 0.5) is 20.2 Å². The highest BCUT2D eigenvalue weighted by Gasteiger charge is 2.22. The van der Waals surface area contributed by atoms with Crippen molar-refractivity contribution in [3.05, 3.63) is 23.8 Å². The quantitative estimate of drug-likeness (QED) is 0.777. The zero-order chi connectivity index (χ0) is 12.4. The van der Waals surface area contributed by atoms with Crippen molar-refractivity contribution >= 4 is 11.4 Å². The van der Waals surface area contributed by atoms with Gasteiger partial charge in [-0.15, -0.1) is 0 Å². The summed E-state index contributed by atoms with van der Waals surface area (Å²) in [5.74, 6) is -1.21. The fourth-order valence-electron chi connectivity index (χ4n) is 2.27. The minimum absolute atomic E-state index is 0.0232. The fraction of sp³-hybridized carbons (Fsp3) is 0.500. The fourth-order valence-corrected chi connectivity index (χ4v) is 2.27. The predicted molar refractivity (Wildman–Crippen MR) is 62.8 cm³/mol. The first kappa shape index (κ1) is 12.1. The SMILES string of the molecule is Nc1c(F)cc(F)cc1N1CCCC(CO)C1. The normalized spacial score (nSPS) is 20.6. The smallest absolute Gasteiger partial charge is 0.151 e. The number of anilines is 2. The summed E-state index contributed by atoms with van der Waals surface area (Å²) in [5.41, 5.74) is 5.99. The molecule has 0 aliphatic carbocycles. The molecule has 3 nitrogen and oxygen atoms in total. The van der Waals surface area contributed by atoms with Crippen LogP contribution in [0.2, 0.25) is 0 Å². The van der Waals surface area contributed by atoms with Crippen molar-refractivity contribution in [3.63, 3.8) is 0 Å². The first-order valence-corrected chi connectivity index (χ1v) is 5.72. The van der Waals surface area contributed by atoms with Gasteiger partial charge in [-0.1, -0.05) is 0 Å². The third kappa shape index (κ3) is 2.49. The molecular formula is C12H16F2N2O. The number of aliphatic hydroxyl groups is 1. The van der Waals surface area contributed by atoms with Crippen LogP contribution in [-0.4, -0.2) is 24.8 Å². The molecule has 17 heavy (non-hydrogen) atoms. The Morgan fingerprint density at radius 1 is 1.41 bits per heavy atom. The summed E-state index contributed by atoms with van der Waals surface area (Å²) in [6.45, 7) is 1.39. The number of halogens is 2. The van der Waals surface area contributed by atoms with Gasteiger partial charge in [0.2, 0.25) is 0 Å². The first-order valence-electron chi connectivity index (χ1n) is 5.72. The van der Waals surface area contributed by atoms with Gasteiger partial charge in [0.25, 0.3) is 0 Å². The topological polar surface area (TPSA) is 49.5 Å². The van der Waals surface area contributed by atoms with Crippen molar-refractivity contribution in [3.8, 4) is 0 Å². The van der Waals surface area contributed by atoms with Crippen LogP contribution in [0, 0.1) is 17.6 Å². The van der Waals surface area contributed by atoms with Gasteiger partial charge in [-0.25, -0.2) is 8.78 Å². The average Bonchev–Trinajstić information content (AvgIpc) is 2.34. The molecule has 1 heterocycles. The van der Waals surface area contributed by atoms with E-state index in [-0.39, 0.29) is 18.2 Å². The maximum Gasteiger partial charge on any atom is 0.151 e. The molecule has 1 atom stereocenters. The molecule has 0 spiro atoms. The molecule has 0 aromatic heterocycles. The lowest BCUT2D eigenvalue weighted by Crippen LogP contribution is -2.37. The molecule has 3 N–H and O–H groups in total. The number of benzene rings is 1. The first-order chi connectivity index (χ1) is 8.11. The Labute approximate surface area is 98.8 Å². The highest BCUT2D eigenvalue weighted by molar-refractivity contribution is 5.68. The predicted octanol–water partition coefficient (Wildman–Crippen LogP) is 1.76. The van der Waals surface area contributed by atoms with Crippen LogP contribution in [0.25, 0.3) is 0 Å². The second kappa shape index (κ2) is 4.87. The summed E-state index contributed by atoms with van der Waals surface area (Å²) in [5, 5.41) is 9.13. The van der Waals surface area contributed by atoms with Crippen molar-refractivity contribution in [1.82, 2.24) is 0 Å². The van der Waals surface area contributed by atoms with Crippen molar-refractivity contribution < 1.29 is 13.9 Å². The van der Waals surface area contributed by atoms with Crippen LogP contribution in [0.1, 0.15) is 12.8 Å². The minimum atomic E-state index is -0.730. The third-order valence-electron chi connectivity index (χ3n) is 3.19. The molecule has 5 heteroatoms. The molecule has 1 aromatic rings. The van der Waals surface area contributed by atoms with Crippen molar-refractivity contribution in [1.29, 1.82) is 0 Å². The number of nitrogen functional groups attached to an aromatic ring is 1. The largest absolute Gasteiger partial charge is 0.396 e. The van der Waals surface area contributed by atoms with E-state index in [0.29, 0.717) is 18.8 Å². The van der Waals surface area contributed by atoms with E-state index in [1.165, 1.54) is 6.07 Å². The van der Waals surface area contributed by atoms with Gasteiger partial charge in [0.1, 0.15) is 5.82 Å². The monoisotopic (exact) mass is 242 g/mol. The number of nitrogens with zero attached hydrogens (tertiary/aromatic N) is 1. The molecule has 0 radical (unpaired) electrons. The van der Waals surface area contributed by atoms with E-state index in [0.717, 1.165) is 18.9 Å². The number of aliphatic hydroxyl groups excluding tert-OH is 1. The van der Waals surface area contributed by atoms with E-state index >= 15 is 0 Å². The van der Waals surface area contributed by atoms with Crippen LogP contribution in [0.3, 0.4) is 0 Å². The van der Waals surface area contributed by atoms with E-state index in [1.54, 1.807) is 0 Å². The van der Waals surface area contributed by atoms with Crippen LogP contribution in [-0.2, 0) is 0 Å². The van der Waals surface area contributed by atoms with Gasteiger partial charge in [0, 0.05) is 25.8 Å². The highest BCUT2D eigenvalue weighted by atomic mass is 19.1. The van der Waals surface area contributed by atoms with Crippen molar-refractivity contribution in [2.24, 2.45) is 5.92 Å². The van der Waals surface area contributed by atoms with Gasteiger partial charge in [0.05, 0.1) is 11.4 Å². The van der Waals surface area contributed by atoms with Gasteiger partial charge in [0.15, 0.2) is 5.82 Å². The molecule has 2 rings (SSSR count). The zero-order valence-corrected chi connectivity index (χ0v) is 9.50. The van der Waals surface area contributed by atoms with Gasteiger partial charge in [-0.2, -0.15) is 0 Å². The maximum absolute atomic E-state index is 13.3. The van der Waals surface area contributed by atoms with Crippen LogP contribution in [0.15, 0.2) is 12.1 Å². The van der Waals surface area contributed by atoms with E-state index < -0.39 is 11.6 Å². The lowest BCUT2D eigenvalue weighted by molar-refractivity contribution is 0.208. The van der Waals surface area contributed by atoms with Crippen LogP contribution < -0.4 is 10.6 Å². The Kier molecular flexibility index (Phi) is 3.47. The molecular weight excluding hydrogens is 226 g/mol. The number of hydrogen-bond acceptors (Lipinski definition) is 3. The molecule has 1 aromatic carbocycles. The Morgan fingerprint density at radius 3 is 2.88 bits per heavy atom. The number of nitrogens with two attached hydrogens (primary N) is 1. The molecule has 0 bridgehead atoms. The molecule has 0 saturated carbocycles. The van der Waals surface area contributed by atoms with Crippen LogP contribution >= 0.6 is 0 Å². The Morgan fingerprint density at radius 2 is 2.18 bits per heavy atom. The molecule has 1 saturated heterocycles. The average molecular weight is 242 g/mol. The lowest BCUT2D eigenvalue weighted by atomic mass is 9.98. The summed E-state index contributed by atoms with van der Waals surface area (Å²) in [4.78, 5) is 1.84. The minimum Gasteiger partial charge on any atom is -0.396 e. The van der Waals surface area contributed by atoms with Crippen molar-refractivity contribution in [2.75, 3.05) is 30.3 Å². The standard InChI is InChI=1S/C12H16F2N2O/c13-9-4-10(14)12(15)11(5-9)16-3-1-2-8(6-16)7-17/h4-5,8,17H,1-3,6-7,15H2. The van der Waals surface area contributed by atoms with Crippen molar-refractivity contribution in [2.45, 2.75) is 12.8 Å². The summed E-state index contributed by atoms with van der Waals surface area (Å²) >= 11 is 0. The maximum atomic E-state index is 13.3.